The van der Waals surface area contributed by atoms with Crippen LogP contribution >= 0.6 is 0 Å². The highest BCUT2D eigenvalue weighted by molar-refractivity contribution is 6.39. The molecule has 1 aliphatic heterocycles. The number of benzene rings is 1. The second-order valence-corrected chi connectivity index (χ2v) is 5.99. The molecule has 1 unspecified atom stereocenters. The molecular weight excluding hydrogens is 336 g/mol. The van der Waals surface area contributed by atoms with Crippen LogP contribution in [0.5, 0.6) is 0 Å². The lowest BCUT2D eigenvalue weighted by atomic mass is 10.2. The van der Waals surface area contributed by atoms with Gasteiger partial charge in [0.15, 0.2) is 0 Å². The maximum absolute atomic E-state index is 12.1. The topological polar surface area (TPSA) is 108 Å². The summed E-state index contributed by atoms with van der Waals surface area (Å²) in [6.07, 6.45) is 3.43. The van der Waals surface area contributed by atoms with Crippen molar-refractivity contribution >= 4 is 29.2 Å². The third kappa shape index (κ3) is 4.18. The number of carbonyl (C=O) groups is 3. The first-order valence-corrected chi connectivity index (χ1v) is 8.27. The van der Waals surface area contributed by atoms with Gasteiger partial charge in [-0.2, -0.15) is 5.10 Å². The molecule has 9 heteroatoms. The summed E-state index contributed by atoms with van der Waals surface area (Å²) in [5.41, 5.74) is 1.10. The van der Waals surface area contributed by atoms with E-state index in [1.165, 1.54) is 0 Å². The molecule has 1 aromatic heterocycles. The smallest absolute Gasteiger partial charge is 0.321 e. The monoisotopic (exact) mass is 356 g/mol. The summed E-state index contributed by atoms with van der Waals surface area (Å²) in [5.74, 6) is -1.49. The van der Waals surface area contributed by atoms with Gasteiger partial charge in [0.05, 0.1) is 6.54 Å². The predicted octanol–water partition coefficient (Wildman–Crippen LogP) is 0.556. The molecule has 1 atom stereocenters. The quantitative estimate of drug-likeness (QED) is 0.680. The fraction of sp³-hybridized carbons (Fsp3) is 0.294. The normalized spacial score (nSPS) is 14.7. The molecule has 3 rings (SSSR count). The van der Waals surface area contributed by atoms with Crippen LogP contribution in [0.2, 0.25) is 0 Å². The minimum absolute atomic E-state index is 0.182. The Labute approximate surface area is 150 Å². The van der Waals surface area contributed by atoms with Gasteiger partial charge >= 0.3 is 17.8 Å². The van der Waals surface area contributed by atoms with Gasteiger partial charge in [0, 0.05) is 42.9 Å². The molecule has 1 aromatic carbocycles. The summed E-state index contributed by atoms with van der Waals surface area (Å²) in [5, 5.41) is 12.0. The van der Waals surface area contributed by atoms with E-state index in [9.17, 15) is 14.4 Å². The molecule has 0 bridgehead atoms. The molecule has 4 amide bonds. The van der Waals surface area contributed by atoms with Crippen LogP contribution in [0.15, 0.2) is 42.7 Å². The van der Waals surface area contributed by atoms with E-state index in [0.717, 1.165) is 0 Å². The van der Waals surface area contributed by atoms with Crippen LogP contribution in [0.3, 0.4) is 0 Å². The first kappa shape index (κ1) is 17.5. The van der Waals surface area contributed by atoms with Crippen LogP contribution < -0.4 is 20.9 Å². The van der Waals surface area contributed by atoms with E-state index in [1.54, 1.807) is 59.2 Å². The van der Waals surface area contributed by atoms with Gasteiger partial charge in [-0.3, -0.25) is 19.2 Å². The zero-order chi connectivity index (χ0) is 18.5. The first-order chi connectivity index (χ1) is 12.5. The maximum atomic E-state index is 12.1. The van der Waals surface area contributed by atoms with Crippen LogP contribution in [-0.4, -0.2) is 46.8 Å². The minimum Gasteiger partial charge on any atom is -0.344 e. The zero-order valence-electron chi connectivity index (χ0n) is 14.3. The zero-order valence-corrected chi connectivity index (χ0v) is 14.3. The lowest BCUT2D eigenvalue weighted by Gasteiger charge is -2.16. The summed E-state index contributed by atoms with van der Waals surface area (Å²) < 4.78 is 1.67. The Hall–Kier alpha value is -3.36. The number of carbonyl (C=O) groups excluding carboxylic acids is 3. The van der Waals surface area contributed by atoms with Crippen molar-refractivity contribution in [2.45, 2.75) is 19.5 Å². The summed E-state index contributed by atoms with van der Waals surface area (Å²) in [4.78, 5) is 37.5. The molecule has 0 aliphatic carbocycles. The fourth-order valence-electron chi connectivity index (χ4n) is 2.68. The predicted molar refractivity (Wildman–Crippen MR) is 95.6 cm³/mol. The van der Waals surface area contributed by atoms with Gasteiger partial charge in [0.25, 0.3) is 0 Å². The number of urea groups is 1. The molecule has 0 spiro atoms. The van der Waals surface area contributed by atoms with Gasteiger partial charge in [0.1, 0.15) is 0 Å². The van der Waals surface area contributed by atoms with E-state index in [1.807, 2.05) is 0 Å². The molecule has 1 aliphatic rings. The summed E-state index contributed by atoms with van der Waals surface area (Å²) in [7, 11) is 0. The van der Waals surface area contributed by atoms with Crippen LogP contribution in [0, 0.1) is 0 Å². The van der Waals surface area contributed by atoms with Gasteiger partial charge in [-0.05, 0) is 31.2 Å². The molecule has 1 saturated heterocycles. The first-order valence-electron chi connectivity index (χ1n) is 8.27. The molecule has 2 aromatic rings. The highest BCUT2D eigenvalue weighted by Crippen LogP contribution is 2.20. The van der Waals surface area contributed by atoms with Crippen molar-refractivity contribution in [3.05, 3.63) is 42.7 Å². The van der Waals surface area contributed by atoms with Crippen molar-refractivity contribution in [2.24, 2.45) is 0 Å². The van der Waals surface area contributed by atoms with E-state index in [0.29, 0.717) is 31.0 Å². The summed E-state index contributed by atoms with van der Waals surface area (Å²) in [6, 6.07) is 8.15. The number of hydrogen-bond donors (Lipinski definition) is 3. The Morgan fingerprint density at radius 1 is 1.31 bits per heavy atom. The molecule has 136 valence electrons. The van der Waals surface area contributed by atoms with Crippen LogP contribution in [0.1, 0.15) is 6.92 Å². The Balaban J connectivity index is 1.57. The molecule has 26 heavy (non-hydrogen) atoms. The van der Waals surface area contributed by atoms with Gasteiger partial charge in [0.2, 0.25) is 0 Å². The van der Waals surface area contributed by atoms with Crippen LogP contribution in [0.25, 0.3) is 0 Å². The van der Waals surface area contributed by atoms with E-state index in [4.69, 9.17) is 0 Å². The lowest BCUT2D eigenvalue weighted by Crippen LogP contribution is -2.42. The van der Waals surface area contributed by atoms with Crippen molar-refractivity contribution < 1.29 is 14.4 Å². The summed E-state index contributed by atoms with van der Waals surface area (Å²) >= 11 is 0. The number of aromatic nitrogens is 2. The largest absolute Gasteiger partial charge is 0.344 e. The second kappa shape index (κ2) is 7.68. The lowest BCUT2D eigenvalue weighted by molar-refractivity contribution is -0.136. The Morgan fingerprint density at radius 3 is 2.85 bits per heavy atom. The highest BCUT2D eigenvalue weighted by Gasteiger charge is 2.22. The van der Waals surface area contributed by atoms with Crippen molar-refractivity contribution in [2.75, 3.05) is 23.3 Å². The van der Waals surface area contributed by atoms with E-state index >= 15 is 0 Å². The average Bonchev–Trinajstić information content (AvgIpc) is 3.26. The SMILES string of the molecule is CC(Cn1cccn1)NC(=O)C(=O)Nc1cccc(N2CCNC2=O)c1. The van der Waals surface area contributed by atoms with Crippen molar-refractivity contribution in [1.29, 1.82) is 0 Å². The van der Waals surface area contributed by atoms with Crippen molar-refractivity contribution in [3.8, 4) is 0 Å². The van der Waals surface area contributed by atoms with E-state index < -0.39 is 11.8 Å². The van der Waals surface area contributed by atoms with Gasteiger partial charge in [-0.15, -0.1) is 0 Å². The van der Waals surface area contributed by atoms with Crippen LogP contribution in [-0.2, 0) is 16.1 Å². The number of rotatable bonds is 5. The van der Waals surface area contributed by atoms with Gasteiger partial charge in [-0.1, -0.05) is 6.07 Å². The van der Waals surface area contributed by atoms with Crippen molar-refractivity contribution in [3.63, 3.8) is 0 Å². The maximum Gasteiger partial charge on any atom is 0.321 e. The highest BCUT2D eigenvalue weighted by atomic mass is 16.2. The Bertz CT molecular complexity index is 805. The van der Waals surface area contributed by atoms with Gasteiger partial charge in [-0.25, -0.2) is 4.79 Å². The molecule has 3 N–H and O–H groups in total. The third-order valence-electron chi connectivity index (χ3n) is 3.88. The minimum atomic E-state index is -0.764. The number of nitrogens with zero attached hydrogens (tertiary/aromatic N) is 3. The van der Waals surface area contributed by atoms with Crippen molar-refractivity contribution in [1.82, 2.24) is 20.4 Å². The summed E-state index contributed by atoms with van der Waals surface area (Å²) in [6.45, 7) is 3.39. The molecule has 0 radical (unpaired) electrons. The molecule has 0 saturated carbocycles. The average molecular weight is 356 g/mol. The standard InChI is InChI=1S/C17H20N6O3/c1-12(11-22-8-3-6-19-22)20-15(24)16(25)21-13-4-2-5-14(10-13)23-9-7-18-17(23)26/h2-6,8,10,12H,7,9,11H2,1H3,(H,18,26)(H,20,24)(H,21,25). The van der Waals surface area contributed by atoms with E-state index in [-0.39, 0.29) is 12.1 Å². The number of nitrogens with one attached hydrogen (secondary N) is 3. The molecular formula is C17H20N6O3. The van der Waals surface area contributed by atoms with E-state index in [2.05, 4.69) is 21.0 Å². The number of amides is 4. The number of anilines is 2. The Morgan fingerprint density at radius 2 is 2.15 bits per heavy atom. The Kier molecular flexibility index (Phi) is 5.16. The second-order valence-electron chi connectivity index (χ2n) is 5.99. The van der Waals surface area contributed by atoms with Crippen LogP contribution in [0.4, 0.5) is 16.2 Å². The third-order valence-corrected chi connectivity index (χ3v) is 3.88. The van der Waals surface area contributed by atoms with Gasteiger partial charge < -0.3 is 16.0 Å². The fourth-order valence-corrected chi connectivity index (χ4v) is 2.68. The molecule has 9 nitrogen and oxygen atoms in total. The molecule has 1 fully saturated rings. The number of hydrogen-bond acceptors (Lipinski definition) is 4. The molecule has 2 heterocycles.